The molecule has 1 heterocycles. The highest BCUT2D eigenvalue weighted by atomic mass is 16.5. The van der Waals surface area contributed by atoms with Crippen LogP contribution >= 0.6 is 0 Å². The van der Waals surface area contributed by atoms with Crippen molar-refractivity contribution in [1.82, 2.24) is 5.16 Å². The van der Waals surface area contributed by atoms with Crippen LogP contribution in [0.2, 0.25) is 0 Å². The zero-order valence-electron chi connectivity index (χ0n) is 12.1. The fraction of sp³-hybridized carbons (Fsp3) is 0.0556. The molecule has 0 N–H and O–H groups in total. The molecule has 0 aliphatic carbocycles. The van der Waals surface area contributed by atoms with Crippen molar-refractivity contribution in [3.05, 3.63) is 89.3 Å². The lowest BCUT2D eigenvalue weighted by atomic mass is 10.0. The molecule has 0 aliphatic rings. The molecule has 2 aromatic carbocycles. The summed E-state index contributed by atoms with van der Waals surface area (Å²) in [7, 11) is 0. The standard InChI is InChI=1S/C18H13NO4/c20-12-15-11-16(19-23-15)18(21)22-17(13-7-3-1-4-8-13)14-9-5-2-6-10-14/h1-12,17H. The molecule has 0 radical (unpaired) electrons. The van der Waals surface area contributed by atoms with E-state index < -0.39 is 12.1 Å². The zero-order valence-corrected chi connectivity index (χ0v) is 12.1. The van der Waals surface area contributed by atoms with Gasteiger partial charge in [0.25, 0.3) is 0 Å². The average molecular weight is 307 g/mol. The number of esters is 1. The molecule has 0 spiro atoms. The van der Waals surface area contributed by atoms with Crippen molar-refractivity contribution < 1.29 is 18.8 Å². The second kappa shape index (κ2) is 6.70. The van der Waals surface area contributed by atoms with Crippen LogP contribution in [0.5, 0.6) is 0 Å². The molecule has 0 aliphatic heterocycles. The van der Waals surface area contributed by atoms with Gasteiger partial charge in [-0.25, -0.2) is 4.79 Å². The molecule has 5 heteroatoms. The van der Waals surface area contributed by atoms with E-state index in [1.807, 2.05) is 60.7 Å². The lowest BCUT2D eigenvalue weighted by Gasteiger charge is -2.18. The van der Waals surface area contributed by atoms with Gasteiger partial charge in [-0.2, -0.15) is 0 Å². The predicted octanol–water partition coefficient (Wildman–Crippen LogP) is 3.43. The Labute approximate surface area is 132 Å². The molecule has 0 amide bonds. The van der Waals surface area contributed by atoms with Crippen molar-refractivity contribution in [2.75, 3.05) is 0 Å². The van der Waals surface area contributed by atoms with E-state index in [0.717, 1.165) is 11.1 Å². The molecule has 0 unspecified atom stereocenters. The summed E-state index contributed by atoms with van der Waals surface area (Å²) < 4.78 is 10.3. The molecule has 3 aromatic rings. The number of rotatable bonds is 5. The molecule has 0 fully saturated rings. The topological polar surface area (TPSA) is 69.4 Å². The average Bonchev–Trinajstić information content (AvgIpc) is 3.10. The summed E-state index contributed by atoms with van der Waals surface area (Å²) in [5, 5.41) is 3.55. The highest BCUT2D eigenvalue weighted by Crippen LogP contribution is 2.26. The molecule has 0 atom stereocenters. The Kier molecular flexibility index (Phi) is 4.29. The number of hydrogen-bond acceptors (Lipinski definition) is 5. The third kappa shape index (κ3) is 3.35. The highest BCUT2D eigenvalue weighted by molar-refractivity contribution is 5.89. The lowest BCUT2D eigenvalue weighted by molar-refractivity contribution is 0.0366. The number of nitrogens with zero attached hydrogens (tertiary/aromatic N) is 1. The van der Waals surface area contributed by atoms with E-state index >= 15 is 0 Å². The predicted molar refractivity (Wildman–Crippen MR) is 82.0 cm³/mol. The summed E-state index contributed by atoms with van der Waals surface area (Å²) in [4.78, 5) is 22.9. The maximum absolute atomic E-state index is 12.3. The first kappa shape index (κ1) is 14.7. The van der Waals surface area contributed by atoms with Crippen LogP contribution in [0, 0.1) is 0 Å². The first-order chi connectivity index (χ1) is 11.3. The molecular weight excluding hydrogens is 294 g/mol. The summed E-state index contributed by atoms with van der Waals surface area (Å²) >= 11 is 0. The zero-order chi connectivity index (χ0) is 16.1. The van der Waals surface area contributed by atoms with Crippen LogP contribution in [0.4, 0.5) is 0 Å². The lowest BCUT2D eigenvalue weighted by Crippen LogP contribution is -2.13. The number of aldehydes is 1. The molecule has 0 bridgehead atoms. The van der Waals surface area contributed by atoms with Gasteiger partial charge in [-0.15, -0.1) is 0 Å². The van der Waals surface area contributed by atoms with Gasteiger partial charge in [-0.1, -0.05) is 65.8 Å². The summed E-state index contributed by atoms with van der Waals surface area (Å²) in [6, 6.07) is 20.0. The first-order valence-corrected chi connectivity index (χ1v) is 7.00. The van der Waals surface area contributed by atoms with E-state index in [2.05, 4.69) is 5.16 Å². The van der Waals surface area contributed by atoms with Crippen LogP contribution < -0.4 is 0 Å². The van der Waals surface area contributed by atoms with Gasteiger partial charge >= 0.3 is 5.97 Å². The molecule has 23 heavy (non-hydrogen) atoms. The largest absolute Gasteiger partial charge is 0.448 e. The minimum absolute atomic E-state index is 0.0204. The number of aromatic nitrogens is 1. The minimum atomic E-state index is -0.653. The van der Waals surface area contributed by atoms with Crippen LogP contribution in [0.15, 0.2) is 71.3 Å². The third-order valence-electron chi connectivity index (χ3n) is 3.28. The quantitative estimate of drug-likeness (QED) is 0.533. The van der Waals surface area contributed by atoms with Gasteiger partial charge in [-0.05, 0) is 11.1 Å². The van der Waals surface area contributed by atoms with Gasteiger partial charge in [-0.3, -0.25) is 4.79 Å². The Bertz CT molecular complexity index is 757. The van der Waals surface area contributed by atoms with E-state index in [1.54, 1.807) is 0 Å². The minimum Gasteiger partial charge on any atom is -0.448 e. The van der Waals surface area contributed by atoms with Gasteiger partial charge < -0.3 is 9.26 Å². The Morgan fingerprint density at radius 2 is 1.57 bits per heavy atom. The van der Waals surface area contributed by atoms with Crippen molar-refractivity contribution >= 4 is 12.3 Å². The van der Waals surface area contributed by atoms with Crippen LogP contribution in [0.1, 0.15) is 38.3 Å². The Morgan fingerprint density at radius 1 is 1.00 bits per heavy atom. The van der Waals surface area contributed by atoms with Crippen LogP contribution in [0.3, 0.4) is 0 Å². The number of carbonyl (C=O) groups is 2. The summed E-state index contributed by atoms with van der Waals surface area (Å²) in [6.07, 6.45) is -0.0865. The van der Waals surface area contributed by atoms with Gasteiger partial charge in [0, 0.05) is 6.07 Å². The number of hydrogen-bond donors (Lipinski definition) is 0. The van der Waals surface area contributed by atoms with Gasteiger partial charge in [0.1, 0.15) is 0 Å². The molecule has 5 nitrogen and oxygen atoms in total. The maximum atomic E-state index is 12.3. The SMILES string of the molecule is O=Cc1cc(C(=O)OC(c2ccccc2)c2ccccc2)no1. The molecule has 3 rings (SSSR count). The van der Waals surface area contributed by atoms with E-state index in [9.17, 15) is 9.59 Å². The van der Waals surface area contributed by atoms with Gasteiger partial charge in [0.15, 0.2) is 23.8 Å². The maximum Gasteiger partial charge on any atom is 0.361 e. The van der Waals surface area contributed by atoms with Gasteiger partial charge in [0.2, 0.25) is 0 Å². The molecule has 0 saturated carbocycles. The highest BCUT2D eigenvalue weighted by Gasteiger charge is 2.22. The van der Waals surface area contributed by atoms with Crippen molar-refractivity contribution in [3.8, 4) is 0 Å². The monoisotopic (exact) mass is 307 g/mol. The summed E-state index contributed by atoms with van der Waals surface area (Å²) in [6.45, 7) is 0. The molecule has 0 saturated heterocycles. The van der Waals surface area contributed by atoms with E-state index in [4.69, 9.17) is 9.26 Å². The second-order valence-corrected chi connectivity index (χ2v) is 4.84. The van der Waals surface area contributed by atoms with Crippen molar-refractivity contribution in [3.63, 3.8) is 0 Å². The molecule has 1 aromatic heterocycles. The van der Waals surface area contributed by atoms with Crippen molar-refractivity contribution in [1.29, 1.82) is 0 Å². The fourth-order valence-electron chi connectivity index (χ4n) is 2.19. The van der Waals surface area contributed by atoms with Crippen molar-refractivity contribution in [2.45, 2.75) is 6.10 Å². The van der Waals surface area contributed by atoms with E-state index in [-0.39, 0.29) is 11.5 Å². The van der Waals surface area contributed by atoms with Gasteiger partial charge in [0.05, 0.1) is 0 Å². The fourth-order valence-corrected chi connectivity index (χ4v) is 2.19. The Balaban J connectivity index is 1.90. The molecule has 114 valence electrons. The second-order valence-electron chi connectivity index (χ2n) is 4.84. The van der Waals surface area contributed by atoms with Crippen LogP contribution in [-0.2, 0) is 4.74 Å². The number of ether oxygens (including phenoxy) is 1. The smallest absolute Gasteiger partial charge is 0.361 e. The number of carbonyl (C=O) groups excluding carboxylic acids is 2. The summed E-state index contributed by atoms with van der Waals surface area (Å²) in [5.41, 5.74) is 1.64. The van der Waals surface area contributed by atoms with Crippen LogP contribution in [0.25, 0.3) is 0 Å². The Morgan fingerprint density at radius 3 is 2.04 bits per heavy atom. The van der Waals surface area contributed by atoms with Crippen molar-refractivity contribution in [2.24, 2.45) is 0 Å². The molecular formula is C18H13NO4. The Hall–Kier alpha value is -3.21. The summed E-state index contributed by atoms with van der Waals surface area (Å²) in [5.74, 6) is -0.674. The normalized spacial score (nSPS) is 10.5. The van der Waals surface area contributed by atoms with E-state index in [0.29, 0.717) is 6.29 Å². The third-order valence-corrected chi connectivity index (χ3v) is 3.28. The van der Waals surface area contributed by atoms with E-state index in [1.165, 1.54) is 6.07 Å². The first-order valence-electron chi connectivity index (χ1n) is 7.00. The number of benzene rings is 2. The van der Waals surface area contributed by atoms with Crippen LogP contribution in [-0.4, -0.2) is 17.4 Å².